The van der Waals surface area contributed by atoms with Crippen LogP contribution in [0.5, 0.6) is 5.75 Å². The van der Waals surface area contributed by atoms with Crippen LogP contribution in [0, 0.1) is 0 Å². The molecule has 2 amide bonds. The lowest BCUT2D eigenvalue weighted by Crippen LogP contribution is -2.43. The molecule has 6 heteroatoms. The first-order chi connectivity index (χ1) is 13.2. The molecule has 6 nitrogen and oxygen atoms in total. The Hall–Kier alpha value is -3.02. The molecule has 1 saturated heterocycles. The van der Waals surface area contributed by atoms with Crippen LogP contribution in [0.2, 0.25) is 0 Å². The third-order valence-corrected chi connectivity index (χ3v) is 5.28. The summed E-state index contributed by atoms with van der Waals surface area (Å²) in [7, 11) is 1.64. The van der Waals surface area contributed by atoms with Gasteiger partial charge in [0.05, 0.1) is 7.11 Å². The van der Waals surface area contributed by atoms with E-state index in [1.165, 1.54) is 10.9 Å². The number of H-pyrrole nitrogens is 1. The van der Waals surface area contributed by atoms with Gasteiger partial charge in [-0.2, -0.15) is 0 Å². The van der Waals surface area contributed by atoms with Crippen molar-refractivity contribution in [2.75, 3.05) is 20.2 Å². The number of carbonyl (C=O) groups is 1. The molecule has 4 rings (SSSR count). The van der Waals surface area contributed by atoms with Crippen LogP contribution in [-0.4, -0.2) is 41.1 Å². The zero-order valence-corrected chi connectivity index (χ0v) is 15.4. The number of amides is 2. The molecule has 0 saturated carbocycles. The second-order valence-electron chi connectivity index (χ2n) is 6.92. The second kappa shape index (κ2) is 7.70. The van der Waals surface area contributed by atoms with E-state index in [9.17, 15) is 4.79 Å². The standard InChI is InChI=1S/C21H24N4O2/c1-27-17-5-2-4-15(12-17)13-24-21(26)25-10-7-16(8-11-25)19-14-23-20-18(19)6-3-9-22-20/h2-6,9,12,14,16H,7-8,10-11,13H2,1H3,(H,22,23)(H,24,26). The van der Waals surface area contributed by atoms with Crippen LogP contribution in [0.25, 0.3) is 11.0 Å². The highest BCUT2D eigenvalue weighted by Crippen LogP contribution is 2.32. The largest absolute Gasteiger partial charge is 0.497 e. The van der Waals surface area contributed by atoms with Crippen LogP contribution >= 0.6 is 0 Å². The van der Waals surface area contributed by atoms with Gasteiger partial charge in [0.25, 0.3) is 0 Å². The summed E-state index contributed by atoms with van der Waals surface area (Å²) in [6.07, 6.45) is 5.81. The number of methoxy groups -OCH3 is 1. The highest BCUT2D eigenvalue weighted by molar-refractivity contribution is 5.80. The zero-order valence-electron chi connectivity index (χ0n) is 15.4. The second-order valence-corrected chi connectivity index (χ2v) is 6.92. The van der Waals surface area contributed by atoms with E-state index in [1.807, 2.05) is 35.2 Å². The van der Waals surface area contributed by atoms with E-state index in [0.717, 1.165) is 42.9 Å². The number of rotatable bonds is 4. The fourth-order valence-corrected chi connectivity index (χ4v) is 3.78. The van der Waals surface area contributed by atoms with Crippen molar-refractivity contribution in [2.45, 2.75) is 25.3 Å². The normalized spacial score (nSPS) is 15.1. The number of benzene rings is 1. The molecule has 1 aliphatic heterocycles. The third kappa shape index (κ3) is 3.74. The van der Waals surface area contributed by atoms with Crippen LogP contribution in [0.15, 0.2) is 48.8 Å². The zero-order chi connectivity index (χ0) is 18.6. The Morgan fingerprint density at radius 1 is 1.30 bits per heavy atom. The molecule has 0 unspecified atom stereocenters. The maximum Gasteiger partial charge on any atom is 0.317 e. The van der Waals surface area contributed by atoms with Crippen molar-refractivity contribution in [3.8, 4) is 5.75 Å². The van der Waals surface area contributed by atoms with E-state index in [0.29, 0.717) is 12.5 Å². The van der Waals surface area contributed by atoms with Gasteiger partial charge in [0, 0.05) is 37.4 Å². The Bertz CT molecular complexity index is 929. The summed E-state index contributed by atoms with van der Waals surface area (Å²) in [5.74, 6) is 1.26. The van der Waals surface area contributed by atoms with E-state index >= 15 is 0 Å². The van der Waals surface area contributed by atoms with Gasteiger partial charge in [-0.15, -0.1) is 0 Å². The van der Waals surface area contributed by atoms with Crippen LogP contribution < -0.4 is 10.1 Å². The number of hydrogen-bond donors (Lipinski definition) is 2. The number of piperidine rings is 1. The first-order valence-electron chi connectivity index (χ1n) is 9.32. The number of pyridine rings is 1. The van der Waals surface area contributed by atoms with Crippen molar-refractivity contribution in [3.63, 3.8) is 0 Å². The average Bonchev–Trinajstić information content (AvgIpc) is 3.16. The molecule has 140 valence electrons. The smallest absolute Gasteiger partial charge is 0.317 e. The molecule has 3 aromatic rings. The van der Waals surface area contributed by atoms with Gasteiger partial charge >= 0.3 is 6.03 Å². The van der Waals surface area contributed by atoms with Gasteiger partial charge in [-0.1, -0.05) is 12.1 Å². The molecule has 0 atom stereocenters. The molecule has 0 aliphatic carbocycles. The van der Waals surface area contributed by atoms with Crippen LogP contribution in [0.1, 0.15) is 29.9 Å². The summed E-state index contributed by atoms with van der Waals surface area (Å²) >= 11 is 0. The molecule has 0 bridgehead atoms. The number of ether oxygens (including phenoxy) is 1. The number of nitrogens with one attached hydrogen (secondary N) is 2. The van der Waals surface area contributed by atoms with Gasteiger partial charge in [-0.25, -0.2) is 9.78 Å². The Morgan fingerprint density at radius 2 is 2.15 bits per heavy atom. The number of carbonyl (C=O) groups excluding carboxylic acids is 1. The summed E-state index contributed by atoms with van der Waals surface area (Å²) in [6.45, 7) is 2.03. The first kappa shape index (κ1) is 17.4. The van der Waals surface area contributed by atoms with Crippen LogP contribution in [-0.2, 0) is 6.54 Å². The van der Waals surface area contributed by atoms with Gasteiger partial charge in [0.1, 0.15) is 11.4 Å². The van der Waals surface area contributed by atoms with Crippen LogP contribution in [0.4, 0.5) is 4.79 Å². The summed E-state index contributed by atoms with van der Waals surface area (Å²) in [6, 6.07) is 11.8. The van der Waals surface area contributed by atoms with Crippen molar-refractivity contribution in [3.05, 3.63) is 59.9 Å². The number of hydrogen-bond acceptors (Lipinski definition) is 3. The molecule has 2 aromatic heterocycles. The number of aromatic nitrogens is 2. The van der Waals surface area contributed by atoms with Crippen molar-refractivity contribution in [1.82, 2.24) is 20.2 Å². The van der Waals surface area contributed by atoms with E-state index < -0.39 is 0 Å². The van der Waals surface area contributed by atoms with Gasteiger partial charge < -0.3 is 19.9 Å². The summed E-state index contributed by atoms with van der Waals surface area (Å²) in [5, 5.41) is 4.21. The minimum Gasteiger partial charge on any atom is -0.497 e. The maximum absolute atomic E-state index is 12.5. The molecule has 3 heterocycles. The Balaban J connectivity index is 1.32. The minimum absolute atomic E-state index is 0.00290. The Kier molecular flexibility index (Phi) is 4.96. The first-order valence-corrected chi connectivity index (χ1v) is 9.32. The Labute approximate surface area is 158 Å². The number of urea groups is 1. The third-order valence-electron chi connectivity index (χ3n) is 5.28. The molecule has 27 heavy (non-hydrogen) atoms. The maximum atomic E-state index is 12.5. The number of fused-ring (bicyclic) bond motifs is 1. The highest BCUT2D eigenvalue weighted by atomic mass is 16.5. The van der Waals surface area contributed by atoms with E-state index in [4.69, 9.17) is 4.74 Å². The van der Waals surface area contributed by atoms with Crippen molar-refractivity contribution < 1.29 is 9.53 Å². The molecule has 1 aliphatic rings. The fraction of sp³-hybridized carbons (Fsp3) is 0.333. The van der Waals surface area contributed by atoms with Gasteiger partial charge in [-0.05, 0) is 54.2 Å². The topological polar surface area (TPSA) is 70.2 Å². The van der Waals surface area contributed by atoms with Crippen LogP contribution in [0.3, 0.4) is 0 Å². The monoisotopic (exact) mass is 364 g/mol. The molecule has 2 N–H and O–H groups in total. The van der Waals surface area contributed by atoms with Gasteiger partial charge in [0.2, 0.25) is 0 Å². The van der Waals surface area contributed by atoms with Crippen molar-refractivity contribution in [1.29, 1.82) is 0 Å². The molecule has 1 fully saturated rings. The fourth-order valence-electron chi connectivity index (χ4n) is 3.78. The molecule has 0 radical (unpaired) electrons. The SMILES string of the molecule is COc1cccc(CNC(=O)N2CCC(c3c[nH]c4ncccc34)CC2)c1. The molecule has 1 aromatic carbocycles. The quantitative estimate of drug-likeness (QED) is 0.742. The lowest BCUT2D eigenvalue weighted by atomic mass is 9.89. The highest BCUT2D eigenvalue weighted by Gasteiger charge is 2.25. The van der Waals surface area contributed by atoms with Gasteiger partial charge in [-0.3, -0.25) is 0 Å². The summed E-state index contributed by atoms with van der Waals surface area (Å²) < 4.78 is 5.23. The van der Waals surface area contributed by atoms with E-state index in [2.05, 4.69) is 27.5 Å². The summed E-state index contributed by atoms with van der Waals surface area (Å²) in [5.41, 5.74) is 3.28. The number of aromatic amines is 1. The minimum atomic E-state index is -0.00290. The lowest BCUT2D eigenvalue weighted by molar-refractivity contribution is 0.181. The average molecular weight is 364 g/mol. The summed E-state index contributed by atoms with van der Waals surface area (Å²) in [4.78, 5) is 22.0. The van der Waals surface area contributed by atoms with E-state index in [-0.39, 0.29) is 6.03 Å². The lowest BCUT2D eigenvalue weighted by Gasteiger charge is -2.32. The number of nitrogens with zero attached hydrogens (tertiary/aromatic N) is 2. The van der Waals surface area contributed by atoms with Gasteiger partial charge in [0.15, 0.2) is 0 Å². The predicted molar refractivity (Wildman–Crippen MR) is 105 cm³/mol. The van der Waals surface area contributed by atoms with E-state index in [1.54, 1.807) is 13.3 Å². The van der Waals surface area contributed by atoms with Crippen molar-refractivity contribution in [2.24, 2.45) is 0 Å². The molecule has 0 spiro atoms. The Morgan fingerprint density at radius 3 is 2.96 bits per heavy atom. The van der Waals surface area contributed by atoms with Crippen molar-refractivity contribution >= 4 is 17.1 Å². The molecular formula is C21H24N4O2. The molecular weight excluding hydrogens is 340 g/mol. The number of likely N-dealkylation sites (tertiary alicyclic amines) is 1. The predicted octanol–water partition coefficient (Wildman–Crippen LogP) is 3.66.